The number of carbonyl (C=O) groups is 1. The van der Waals surface area contributed by atoms with Gasteiger partial charge in [-0.05, 0) is 29.8 Å². The van der Waals surface area contributed by atoms with E-state index in [0.717, 1.165) is 0 Å². The SMILES string of the molecule is O=C1CCc2c(SC(F)(F)F)cccc21. The Labute approximate surface area is 88.7 Å². The molecule has 0 aliphatic heterocycles. The molecule has 0 heterocycles. The Bertz CT molecular complexity index is 412. The highest BCUT2D eigenvalue weighted by Gasteiger charge is 2.32. The van der Waals surface area contributed by atoms with Crippen molar-refractivity contribution in [2.75, 3.05) is 0 Å². The van der Waals surface area contributed by atoms with Gasteiger partial charge in [-0.3, -0.25) is 4.79 Å². The number of hydrogen-bond donors (Lipinski definition) is 0. The first-order valence-corrected chi connectivity index (χ1v) is 5.20. The second kappa shape index (κ2) is 3.56. The molecule has 1 aromatic rings. The monoisotopic (exact) mass is 232 g/mol. The van der Waals surface area contributed by atoms with Crippen LogP contribution in [0.1, 0.15) is 22.3 Å². The Morgan fingerprint density at radius 3 is 2.60 bits per heavy atom. The molecule has 0 aromatic heterocycles. The third-order valence-electron chi connectivity index (χ3n) is 2.26. The normalized spacial score (nSPS) is 15.5. The summed E-state index contributed by atoms with van der Waals surface area (Å²) in [6.45, 7) is 0. The van der Waals surface area contributed by atoms with Gasteiger partial charge in [0.1, 0.15) is 0 Å². The maximum absolute atomic E-state index is 12.2. The van der Waals surface area contributed by atoms with Crippen LogP contribution in [0.3, 0.4) is 0 Å². The molecule has 1 aromatic carbocycles. The Balaban J connectivity index is 2.38. The number of hydrogen-bond acceptors (Lipinski definition) is 2. The lowest BCUT2D eigenvalue weighted by Gasteiger charge is -2.09. The van der Waals surface area contributed by atoms with E-state index < -0.39 is 5.51 Å². The van der Waals surface area contributed by atoms with Gasteiger partial charge in [-0.1, -0.05) is 12.1 Å². The van der Waals surface area contributed by atoms with E-state index in [1.807, 2.05) is 0 Å². The molecule has 0 amide bonds. The Kier molecular flexibility index (Phi) is 2.50. The first-order valence-electron chi connectivity index (χ1n) is 4.38. The van der Waals surface area contributed by atoms with Gasteiger partial charge in [0.15, 0.2) is 5.78 Å². The van der Waals surface area contributed by atoms with Crippen molar-refractivity contribution in [2.45, 2.75) is 23.2 Å². The summed E-state index contributed by atoms with van der Waals surface area (Å²) in [5, 5.41) is 0. The van der Waals surface area contributed by atoms with E-state index in [0.29, 0.717) is 24.0 Å². The van der Waals surface area contributed by atoms with Gasteiger partial charge in [-0.25, -0.2) is 0 Å². The number of thioether (sulfide) groups is 1. The van der Waals surface area contributed by atoms with Gasteiger partial charge in [-0.15, -0.1) is 0 Å². The van der Waals surface area contributed by atoms with Crippen molar-refractivity contribution in [3.05, 3.63) is 29.3 Å². The third kappa shape index (κ3) is 2.17. The molecule has 80 valence electrons. The number of fused-ring (bicyclic) bond motifs is 1. The number of ketones is 1. The van der Waals surface area contributed by atoms with Crippen LogP contribution in [-0.4, -0.2) is 11.3 Å². The second-order valence-electron chi connectivity index (χ2n) is 3.25. The fourth-order valence-corrected chi connectivity index (χ4v) is 2.41. The summed E-state index contributed by atoms with van der Waals surface area (Å²) in [6, 6.07) is 4.50. The number of Topliss-reactive ketones (excluding diaryl/α,β-unsaturated/α-hetero) is 1. The van der Waals surface area contributed by atoms with E-state index in [-0.39, 0.29) is 22.4 Å². The van der Waals surface area contributed by atoms with Gasteiger partial charge in [0.05, 0.1) is 0 Å². The summed E-state index contributed by atoms with van der Waals surface area (Å²) in [5.74, 6) is -0.0605. The molecule has 0 spiro atoms. The average molecular weight is 232 g/mol. The molecule has 1 nitrogen and oxygen atoms in total. The smallest absolute Gasteiger partial charge is 0.294 e. The molecular weight excluding hydrogens is 225 g/mol. The van der Waals surface area contributed by atoms with Crippen LogP contribution in [0.2, 0.25) is 0 Å². The zero-order chi connectivity index (χ0) is 11.1. The summed E-state index contributed by atoms with van der Waals surface area (Å²) < 4.78 is 36.6. The van der Waals surface area contributed by atoms with Crippen LogP contribution < -0.4 is 0 Å². The van der Waals surface area contributed by atoms with Crippen LogP contribution in [0.4, 0.5) is 13.2 Å². The van der Waals surface area contributed by atoms with Crippen LogP contribution >= 0.6 is 11.8 Å². The lowest BCUT2D eigenvalue weighted by Crippen LogP contribution is -2.01. The van der Waals surface area contributed by atoms with E-state index in [2.05, 4.69) is 0 Å². The van der Waals surface area contributed by atoms with Crippen molar-refractivity contribution in [1.29, 1.82) is 0 Å². The summed E-state index contributed by atoms with van der Waals surface area (Å²) in [5.41, 5.74) is -3.30. The standard InChI is InChI=1S/C10H7F3OS/c11-10(12,13)15-9-3-1-2-6-7(9)4-5-8(6)14/h1-3H,4-5H2. The maximum atomic E-state index is 12.2. The fourth-order valence-electron chi connectivity index (χ4n) is 1.68. The number of halogens is 3. The molecule has 15 heavy (non-hydrogen) atoms. The quantitative estimate of drug-likeness (QED) is 0.690. The lowest BCUT2D eigenvalue weighted by atomic mass is 10.1. The molecule has 0 saturated carbocycles. The van der Waals surface area contributed by atoms with Gasteiger partial charge in [0.25, 0.3) is 0 Å². The molecule has 0 saturated heterocycles. The molecule has 5 heteroatoms. The highest BCUT2D eigenvalue weighted by Crippen LogP contribution is 2.41. The summed E-state index contributed by atoms with van der Waals surface area (Å²) >= 11 is -0.144. The Morgan fingerprint density at radius 1 is 1.20 bits per heavy atom. The highest BCUT2D eigenvalue weighted by atomic mass is 32.2. The first kappa shape index (κ1) is 10.5. The van der Waals surface area contributed by atoms with Gasteiger partial charge < -0.3 is 0 Å². The lowest BCUT2D eigenvalue weighted by molar-refractivity contribution is -0.0328. The first-order chi connectivity index (χ1) is 6.97. The molecule has 0 radical (unpaired) electrons. The fraction of sp³-hybridized carbons (Fsp3) is 0.300. The van der Waals surface area contributed by atoms with Gasteiger partial charge in [-0.2, -0.15) is 13.2 Å². The predicted molar refractivity (Wildman–Crippen MR) is 51.0 cm³/mol. The van der Waals surface area contributed by atoms with Crippen molar-refractivity contribution < 1.29 is 18.0 Å². The molecule has 0 fully saturated rings. The van der Waals surface area contributed by atoms with Crippen LogP contribution in [0, 0.1) is 0 Å². The minimum Gasteiger partial charge on any atom is -0.294 e. The summed E-state index contributed by atoms with van der Waals surface area (Å²) in [6.07, 6.45) is 0.748. The zero-order valence-corrected chi connectivity index (χ0v) is 8.41. The molecule has 2 rings (SSSR count). The van der Waals surface area contributed by atoms with Crippen LogP contribution in [0.15, 0.2) is 23.1 Å². The van der Waals surface area contributed by atoms with Crippen LogP contribution in [-0.2, 0) is 6.42 Å². The number of carbonyl (C=O) groups excluding carboxylic acids is 1. The number of rotatable bonds is 1. The van der Waals surface area contributed by atoms with Crippen molar-refractivity contribution in [3.8, 4) is 0 Å². The van der Waals surface area contributed by atoms with Gasteiger partial charge in [0.2, 0.25) is 0 Å². The highest BCUT2D eigenvalue weighted by molar-refractivity contribution is 8.00. The molecule has 0 atom stereocenters. The van der Waals surface area contributed by atoms with E-state index in [9.17, 15) is 18.0 Å². The van der Waals surface area contributed by atoms with Crippen LogP contribution in [0.25, 0.3) is 0 Å². The van der Waals surface area contributed by atoms with Gasteiger partial charge in [0, 0.05) is 16.9 Å². The van der Waals surface area contributed by atoms with Crippen molar-refractivity contribution in [2.24, 2.45) is 0 Å². The minimum absolute atomic E-state index is 0.0605. The predicted octanol–water partition coefficient (Wildman–Crippen LogP) is 3.43. The zero-order valence-electron chi connectivity index (χ0n) is 7.60. The largest absolute Gasteiger partial charge is 0.446 e. The number of alkyl halides is 3. The maximum Gasteiger partial charge on any atom is 0.446 e. The van der Waals surface area contributed by atoms with Crippen molar-refractivity contribution in [1.82, 2.24) is 0 Å². The van der Waals surface area contributed by atoms with Crippen molar-refractivity contribution >= 4 is 17.5 Å². The summed E-state index contributed by atoms with van der Waals surface area (Å²) in [4.78, 5) is 11.5. The Hall–Kier alpha value is -0.970. The molecule has 0 unspecified atom stereocenters. The van der Waals surface area contributed by atoms with Crippen LogP contribution in [0.5, 0.6) is 0 Å². The second-order valence-corrected chi connectivity index (χ2v) is 4.36. The van der Waals surface area contributed by atoms with E-state index in [1.54, 1.807) is 6.07 Å². The number of benzene rings is 1. The molecule has 0 bridgehead atoms. The van der Waals surface area contributed by atoms with Crippen molar-refractivity contribution in [3.63, 3.8) is 0 Å². The average Bonchev–Trinajstić information content (AvgIpc) is 2.47. The van der Waals surface area contributed by atoms with E-state index in [1.165, 1.54) is 12.1 Å². The molecule has 1 aliphatic carbocycles. The van der Waals surface area contributed by atoms with E-state index in [4.69, 9.17) is 0 Å². The summed E-state index contributed by atoms with van der Waals surface area (Å²) in [7, 11) is 0. The van der Waals surface area contributed by atoms with E-state index >= 15 is 0 Å². The van der Waals surface area contributed by atoms with Gasteiger partial charge >= 0.3 is 5.51 Å². The third-order valence-corrected chi connectivity index (χ3v) is 3.10. The topological polar surface area (TPSA) is 17.1 Å². The Morgan fingerprint density at radius 2 is 1.93 bits per heavy atom. The minimum atomic E-state index is -4.29. The molecule has 1 aliphatic rings. The molecule has 0 N–H and O–H groups in total. The molecular formula is C10H7F3OS.